The van der Waals surface area contributed by atoms with E-state index in [-0.39, 0.29) is 6.54 Å². The highest BCUT2D eigenvalue weighted by Crippen LogP contribution is 2.19. The first-order valence-electron chi connectivity index (χ1n) is 7.56. The van der Waals surface area contributed by atoms with Crippen LogP contribution in [0.4, 0.5) is 5.82 Å². The second-order valence-corrected chi connectivity index (χ2v) is 5.78. The first-order valence-corrected chi connectivity index (χ1v) is 7.56. The van der Waals surface area contributed by atoms with E-state index >= 15 is 0 Å². The lowest BCUT2D eigenvalue weighted by molar-refractivity contribution is -0.138. The molecule has 2 aliphatic rings. The second-order valence-electron chi connectivity index (χ2n) is 5.78. The Kier molecular flexibility index (Phi) is 4.36. The molecule has 1 unspecified atom stereocenters. The van der Waals surface area contributed by atoms with E-state index in [0.717, 1.165) is 51.5 Å². The molecule has 1 atom stereocenters. The first kappa shape index (κ1) is 14.3. The maximum absolute atomic E-state index is 10.8. The number of rotatable bonds is 4. The van der Waals surface area contributed by atoms with Gasteiger partial charge in [-0.3, -0.25) is 14.6 Å². The molecular weight excluding hydrogens is 268 g/mol. The summed E-state index contributed by atoms with van der Waals surface area (Å²) in [6.07, 6.45) is 2.92. The minimum Gasteiger partial charge on any atom is -0.480 e. The Morgan fingerprint density at radius 1 is 1.24 bits per heavy atom. The molecule has 3 rings (SSSR count). The van der Waals surface area contributed by atoms with Gasteiger partial charge in [-0.05, 0) is 18.6 Å². The molecule has 1 aromatic rings. The molecule has 3 heterocycles. The van der Waals surface area contributed by atoms with Crippen LogP contribution in [0.2, 0.25) is 0 Å². The number of piperazine rings is 1. The quantitative estimate of drug-likeness (QED) is 0.864. The predicted molar refractivity (Wildman–Crippen MR) is 80.5 cm³/mol. The summed E-state index contributed by atoms with van der Waals surface area (Å²) in [6, 6.07) is 6.53. The zero-order valence-corrected chi connectivity index (χ0v) is 12.2. The molecule has 0 radical (unpaired) electrons. The van der Waals surface area contributed by atoms with E-state index in [1.54, 1.807) is 0 Å². The number of hydrogen-bond acceptors (Lipinski definition) is 5. The summed E-state index contributed by atoms with van der Waals surface area (Å²) < 4.78 is 0. The van der Waals surface area contributed by atoms with E-state index in [9.17, 15) is 4.79 Å². The second kappa shape index (κ2) is 6.41. The Balaban J connectivity index is 1.49. The molecule has 0 aromatic carbocycles. The molecule has 21 heavy (non-hydrogen) atoms. The van der Waals surface area contributed by atoms with Crippen LogP contribution in [-0.4, -0.2) is 77.7 Å². The van der Waals surface area contributed by atoms with Gasteiger partial charge in [-0.1, -0.05) is 6.07 Å². The van der Waals surface area contributed by atoms with Crippen molar-refractivity contribution < 1.29 is 9.90 Å². The lowest BCUT2D eigenvalue weighted by atomic mass is 10.2. The van der Waals surface area contributed by atoms with Crippen molar-refractivity contribution in [2.45, 2.75) is 12.5 Å². The largest absolute Gasteiger partial charge is 0.480 e. The Morgan fingerprint density at radius 2 is 2.05 bits per heavy atom. The predicted octanol–water partition coefficient (Wildman–Crippen LogP) is 0.362. The van der Waals surface area contributed by atoms with Crippen LogP contribution in [0.5, 0.6) is 0 Å². The fourth-order valence-electron chi connectivity index (χ4n) is 3.30. The maximum atomic E-state index is 10.8. The molecule has 6 nitrogen and oxygen atoms in total. The SMILES string of the molecule is O=C(O)CN1CCC(N2CCN(c3ccccn3)CC2)C1. The van der Waals surface area contributed by atoms with E-state index in [1.807, 2.05) is 23.2 Å². The van der Waals surface area contributed by atoms with Gasteiger partial charge in [0.2, 0.25) is 0 Å². The number of aliphatic carboxylic acids is 1. The summed E-state index contributed by atoms with van der Waals surface area (Å²) in [5.41, 5.74) is 0. The number of likely N-dealkylation sites (tertiary alicyclic amines) is 1. The van der Waals surface area contributed by atoms with Gasteiger partial charge < -0.3 is 10.0 Å². The average Bonchev–Trinajstić information content (AvgIpc) is 2.96. The van der Waals surface area contributed by atoms with Gasteiger partial charge in [0.15, 0.2) is 0 Å². The number of carbonyl (C=O) groups is 1. The minimum absolute atomic E-state index is 0.171. The summed E-state index contributed by atoms with van der Waals surface area (Å²) in [7, 11) is 0. The lowest BCUT2D eigenvalue weighted by Crippen LogP contribution is -2.51. The molecule has 2 saturated heterocycles. The van der Waals surface area contributed by atoms with Crippen LogP contribution in [-0.2, 0) is 4.79 Å². The Labute approximate surface area is 125 Å². The van der Waals surface area contributed by atoms with Crippen LogP contribution in [0.3, 0.4) is 0 Å². The van der Waals surface area contributed by atoms with Gasteiger partial charge in [0.25, 0.3) is 0 Å². The summed E-state index contributed by atoms with van der Waals surface area (Å²) in [5, 5.41) is 8.86. The van der Waals surface area contributed by atoms with Crippen LogP contribution in [0, 0.1) is 0 Å². The molecular formula is C15H22N4O2. The molecule has 114 valence electrons. The third-order valence-corrected chi connectivity index (χ3v) is 4.41. The van der Waals surface area contributed by atoms with Gasteiger partial charge in [-0.2, -0.15) is 0 Å². The topological polar surface area (TPSA) is 59.9 Å². The van der Waals surface area contributed by atoms with E-state index < -0.39 is 5.97 Å². The molecule has 0 aliphatic carbocycles. The fourth-order valence-corrected chi connectivity index (χ4v) is 3.30. The van der Waals surface area contributed by atoms with Gasteiger partial charge in [-0.15, -0.1) is 0 Å². The summed E-state index contributed by atoms with van der Waals surface area (Å²) in [5.74, 6) is 0.326. The Hall–Kier alpha value is -1.66. The van der Waals surface area contributed by atoms with Crippen molar-refractivity contribution in [2.75, 3.05) is 50.7 Å². The molecule has 0 bridgehead atoms. The highest BCUT2D eigenvalue weighted by atomic mass is 16.4. The molecule has 0 spiro atoms. The lowest BCUT2D eigenvalue weighted by Gasteiger charge is -2.38. The van der Waals surface area contributed by atoms with Crippen LogP contribution < -0.4 is 4.90 Å². The van der Waals surface area contributed by atoms with Crippen LogP contribution in [0.25, 0.3) is 0 Å². The molecule has 1 aromatic heterocycles. The zero-order valence-electron chi connectivity index (χ0n) is 12.2. The number of pyridine rings is 1. The van der Waals surface area contributed by atoms with Crippen molar-refractivity contribution >= 4 is 11.8 Å². The van der Waals surface area contributed by atoms with Crippen molar-refractivity contribution in [2.24, 2.45) is 0 Å². The third kappa shape index (κ3) is 3.51. The van der Waals surface area contributed by atoms with Crippen molar-refractivity contribution in [3.05, 3.63) is 24.4 Å². The maximum Gasteiger partial charge on any atom is 0.317 e. The van der Waals surface area contributed by atoms with E-state index in [2.05, 4.69) is 20.9 Å². The summed E-state index contributed by atoms with van der Waals surface area (Å²) >= 11 is 0. The number of hydrogen-bond donors (Lipinski definition) is 1. The van der Waals surface area contributed by atoms with E-state index in [0.29, 0.717) is 6.04 Å². The number of carboxylic acids is 1. The smallest absolute Gasteiger partial charge is 0.317 e. The zero-order chi connectivity index (χ0) is 14.7. The Morgan fingerprint density at radius 3 is 2.71 bits per heavy atom. The van der Waals surface area contributed by atoms with Crippen LogP contribution >= 0.6 is 0 Å². The average molecular weight is 290 g/mol. The van der Waals surface area contributed by atoms with Gasteiger partial charge in [-0.25, -0.2) is 4.98 Å². The molecule has 6 heteroatoms. The first-order chi connectivity index (χ1) is 10.2. The van der Waals surface area contributed by atoms with Crippen molar-refractivity contribution in [1.82, 2.24) is 14.8 Å². The molecule has 0 amide bonds. The normalized spacial score (nSPS) is 24.4. The minimum atomic E-state index is -0.726. The fraction of sp³-hybridized carbons (Fsp3) is 0.600. The van der Waals surface area contributed by atoms with Crippen molar-refractivity contribution in [1.29, 1.82) is 0 Å². The van der Waals surface area contributed by atoms with E-state index in [4.69, 9.17) is 5.11 Å². The number of carboxylic acid groups (broad SMARTS) is 1. The Bertz CT molecular complexity index is 474. The van der Waals surface area contributed by atoms with Crippen LogP contribution in [0.15, 0.2) is 24.4 Å². The molecule has 2 fully saturated rings. The standard InChI is InChI=1S/C15H22N4O2/c20-15(21)12-17-6-4-13(11-17)18-7-9-19(10-8-18)14-3-1-2-5-16-14/h1-3,5,13H,4,6-12H2,(H,20,21). The number of nitrogens with zero attached hydrogens (tertiary/aromatic N) is 4. The van der Waals surface area contributed by atoms with Gasteiger partial charge in [0.1, 0.15) is 5.82 Å². The van der Waals surface area contributed by atoms with Crippen molar-refractivity contribution in [3.8, 4) is 0 Å². The highest BCUT2D eigenvalue weighted by Gasteiger charge is 2.30. The van der Waals surface area contributed by atoms with Gasteiger partial charge in [0, 0.05) is 51.5 Å². The van der Waals surface area contributed by atoms with Gasteiger partial charge >= 0.3 is 5.97 Å². The third-order valence-electron chi connectivity index (χ3n) is 4.41. The summed E-state index contributed by atoms with van der Waals surface area (Å²) in [6.45, 7) is 6.00. The van der Waals surface area contributed by atoms with E-state index in [1.165, 1.54) is 0 Å². The van der Waals surface area contributed by atoms with Gasteiger partial charge in [0.05, 0.1) is 6.54 Å². The molecule has 0 saturated carbocycles. The number of aromatic nitrogens is 1. The molecule has 1 N–H and O–H groups in total. The van der Waals surface area contributed by atoms with Crippen LogP contribution in [0.1, 0.15) is 6.42 Å². The highest BCUT2D eigenvalue weighted by molar-refractivity contribution is 5.69. The van der Waals surface area contributed by atoms with Crippen molar-refractivity contribution in [3.63, 3.8) is 0 Å². The summed E-state index contributed by atoms with van der Waals surface area (Å²) in [4.78, 5) is 22.0. The number of anilines is 1. The monoisotopic (exact) mass is 290 g/mol. The molecule has 2 aliphatic heterocycles.